The van der Waals surface area contributed by atoms with Gasteiger partial charge in [-0.2, -0.15) is 0 Å². The Bertz CT molecular complexity index is 533. The molecule has 0 aromatic heterocycles. The second-order valence-electron chi connectivity index (χ2n) is 5.92. The monoisotopic (exact) mass is 291 g/mol. The maximum absolute atomic E-state index is 12.1. The SMILES string of the molecule is CC1CCC(NC(=O)Cc2ccccc2O)(C(=O)O)CC1. The molecule has 1 aromatic carbocycles. The summed E-state index contributed by atoms with van der Waals surface area (Å²) in [5.41, 5.74) is -0.659. The van der Waals surface area contributed by atoms with E-state index in [2.05, 4.69) is 12.2 Å². The van der Waals surface area contributed by atoms with Crippen LogP contribution in [0.4, 0.5) is 0 Å². The Morgan fingerprint density at radius 2 is 1.90 bits per heavy atom. The first-order chi connectivity index (χ1) is 9.93. The lowest BCUT2D eigenvalue weighted by atomic mass is 9.77. The van der Waals surface area contributed by atoms with E-state index >= 15 is 0 Å². The Labute approximate surface area is 124 Å². The van der Waals surface area contributed by atoms with Gasteiger partial charge in [0.1, 0.15) is 11.3 Å². The molecule has 0 saturated heterocycles. The fourth-order valence-electron chi connectivity index (χ4n) is 2.79. The molecule has 2 rings (SSSR count). The summed E-state index contributed by atoms with van der Waals surface area (Å²) >= 11 is 0. The number of nitrogens with one attached hydrogen (secondary N) is 1. The predicted molar refractivity (Wildman–Crippen MR) is 78.0 cm³/mol. The van der Waals surface area contributed by atoms with Gasteiger partial charge in [0.15, 0.2) is 0 Å². The van der Waals surface area contributed by atoms with Gasteiger partial charge in [0, 0.05) is 5.56 Å². The zero-order chi connectivity index (χ0) is 15.5. The van der Waals surface area contributed by atoms with E-state index in [1.807, 2.05) is 0 Å². The highest BCUT2D eigenvalue weighted by Crippen LogP contribution is 2.32. The lowest BCUT2D eigenvalue weighted by Crippen LogP contribution is -2.56. The van der Waals surface area contributed by atoms with Crippen LogP contribution in [0, 0.1) is 5.92 Å². The maximum atomic E-state index is 12.1. The third kappa shape index (κ3) is 3.54. The van der Waals surface area contributed by atoms with Crippen molar-refractivity contribution in [3.63, 3.8) is 0 Å². The summed E-state index contributed by atoms with van der Waals surface area (Å²) in [4.78, 5) is 23.7. The summed E-state index contributed by atoms with van der Waals surface area (Å²) < 4.78 is 0. The van der Waals surface area contributed by atoms with Crippen LogP contribution in [0.1, 0.15) is 38.2 Å². The van der Waals surface area contributed by atoms with Gasteiger partial charge in [0.05, 0.1) is 6.42 Å². The van der Waals surface area contributed by atoms with Crippen LogP contribution in [0.25, 0.3) is 0 Å². The normalized spacial score (nSPS) is 25.3. The lowest BCUT2D eigenvalue weighted by molar-refractivity contribution is -0.149. The van der Waals surface area contributed by atoms with Crippen LogP contribution >= 0.6 is 0 Å². The number of carboxylic acid groups (broad SMARTS) is 1. The van der Waals surface area contributed by atoms with Crippen LogP contribution in [0.15, 0.2) is 24.3 Å². The molecule has 21 heavy (non-hydrogen) atoms. The first-order valence-corrected chi connectivity index (χ1v) is 7.24. The summed E-state index contributed by atoms with van der Waals surface area (Å²) in [5.74, 6) is -0.796. The third-order valence-corrected chi connectivity index (χ3v) is 4.26. The summed E-state index contributed by atoms with van der Waals surface area (Å²) in [5, 5.41) is 21.8. The standard InChI is InChI=1S/C16H21NO4/c1-11-6-8-16(9-7-11,15(20)21)17-14(19)10-12-4-2-3-5-13(12)18/h2-5,11,18H,6-10H2,1H3,(H,17,19)(H,20,21). The van der Waals surface area contributed by atoms with Crippen molar-refractivity contribution in [3.8, 4) is 5.75 Å². The molecule has 0 heterocycles. The minimum absolute atomic E-state index is 0.0166. The molecule has 1 aliphatic carbocycles. The first kappa shape index (κ1) is 15.4. The van der Waals surface area contributed by atoms with E-state index in [0.717, 1.165) is 12.8 Å². The number of aromatic hydroxyl groups is 1. The van der Waals surface area contributed by atoms with Gasteiger partial charge in [0.25, 0.3) is 0 Å². The van der Waals surface area contributed by atoms with Crippen LogP contribution < -0.4 is 5.32 Å². The van der Waals surface area contributed by atoms with Gasteiger partial charge in [-0.25, -0.2) is 4.79 Å². The molecule has 1 aliphatic rings. The van der Waals surface area contributed by atoms with E-state index in [1.54, 1.807) is 18.2 Å². The minimum Gasteiger partial charge on any atom is -0.508 e. The summed E-state index contributed by atoms with van der Waals surface area (Å²) in [6.07, 6.45) is 2.48. The highest BCUT2D eigenvalue weighted by atomic mass is 16.4. The average Bonchev–Trinajstić information content (AvgIpc) is 2.44. The number of phenols is 1. The third-order valence-electron chi connectivity index (χ3n) is 4.26. The van der Waals surface area contributed by atoms with Crippen molar-refractivity contribution in [1.29, 1.82) is 0 Å². The van der Waals surface area contributed by atoms with Crippen molar-refractivity contribution < 1.29 is 19.8 Å². The molecule has 3 N–H and O–H groups in total. The summed E-state index contributed by atoms with van der Waals surface area (Å²) in [7, 11) is 0. The molecular weight excluding hydrogens is 270 g/mol. The molecule has 0 bridgehead atoms. The Hall–Kier alpha value is -2.04. The number of rotatable bonds is 4. The highest BCUT2D eigenvalue weighted by molar-refractivity contribution is 5.88. The van der Waals surface area contributed by atoms with Gasteiger partial charge >= 0.3 is 5.97 Å². The zero-order valence-electron chi connectivity index (χ0n) is 12.1. The molecule has 1 amide bonds. The van der Waals surface area contributed by atoms with E-state index in [1.165, 1.54) is 6.07 Å². The number of phenolic OH excluding ortho intramolecular Hbond substituents is 1. The smallest absolute Gasteiger partial charge is 0.329 e. The molecule has 0 aliphatic heterocycles. The Morgan fingerprint density at radius 1 is 1.29 bits per heavy atom. The first-order valence-electron chi connectivity index (χ1n) is 7.24. The van der Waals surface area contributed by atoms with Gasteiger partial charge in [-0.15, -0.1) is 0 Å². The fraction of sp³-hybridized carbons (Fsp3) is 0.500. The number of carboxylic acids is 1. The second kappa shape index (κ2) is 6.16. The minimum atomic E-state index is -1.16. The number of carbonyl (C=O) groups excluding carboxylic acids is 1. The van der Waals surface area contributed by atoms with E-state index in [0.29, 0.717) is 24.3 Å². The number of amides is 1. The number of carbonyl (C=O) groups is 2. The number of hydrogen-bond acceptors (Lipinski definition) is 3. The van der Waals surface area contributed by atoms with Gasteiger partial charge < -0.3 is 15.5 Å². The molecule has 5 nitrogen and oxygen atoms in total. The van der Waals surface area contributed by atoms with Gasteiger partial charge in [0.2, 0.25) is 5.91 Å². The molecule has 0 radical (unpaired) electrons. The van der Waals surface area contributed by atoms with Crippen molar-refractivity contribution in [1.82, 2.24) is 5.32 Å². The van der Waals surface area contributed by atoms with E-state index in [-0.39, 0.29) is 18.1 Å². The number of hydrogen-bond donors (Lipinski definition) is 3. The number of aliphatic carboxylic acids is 1. The molecular formula is C16H21NO4. The van der Waals surface area contributed by atoms with Gasteiger partial charge in [-0.1, -0.05) is 25.1 Å². The molecule has 114 valence electrons. The van der Waals surface area contributed by atoms with Crippen LogP contribution in [0.2, 0.25) is 0 Å². The van der Waals surface area contributed by atoms with Crippen molar-refractivity contribution in [2.24, 2.45) is 5.92 Å². The molecule has 0 spiro atoms. The van der Waals surface area contributed by atoms with Crippen LogP contribution in [-0.4, -0.2) is 27.6 Å². The lowest BCUT2D eigenvalue weighted by Gasteiger charge is -2.36. The van der Waals surface area contributed by atoms with E-state index in [4.69, 9.17) is 0 Å². The number of benzene rings is 1. The fourth-order valence-corrected chi connectivity index (χ4v) is 2.79. The maximum Gasteiger partial charge on any atom is 0.329 e. The Balaban J connectivity index is 2.06. The average molecular weight is 291 g/mol. The molecule has 1 saturated carbocycles. The van der Waals surface area contributed by atoms with Gasteiger partial charge in [-0.05, 0) is 37.7 Å². The number of para-hydroxylation sites is 1. The Morgan fingerprint density at radius 3 is 2.48 bits per heavy atom. The van der Waals surface area contributed by atoms with Crippen molar-refractivity contribution in [2.75, 3.05) is 0 Å². The molecule has 1 fully saturated rings. The second-order valence-corrected chi connectivity index (χ2v) is 5.92. The molecule has 5 heteroatoms. The van der Waals surface area contributed by atoms with Crippen molar-refractivity contribution in [3.05, 3.63) is 29.8 Å². The molecule has 0 atom stereocenters. The van der Waals surface area contributed by atoms with Crippen LogP contribution in [0.3, 0.4) is 0 Å². The van der Waals surface area contributed by atoms with Gasteiger partial charge in [-0.3, -0.25) is 4.79 Å². The summed E-state index contributed by atoms with van der Waals surface area (Å²) in [6.45, 7) is 2.09. The van der Waals surface area contributed by atoms with Crippen LogP contribution in [-0.2, 0) is 16.0 Å². The largest absolute Gasteiger partial charge is 0.508 e. The van der Waals surface area contributed by atoms with Crippen LogP contribution in [0.5, 0.6) is 5.75 Å². The molecule has 0 unspecified atom stereocenters. The zero-order valence-corrected chi connectivity index (χ0v) is 12.1. The predicted octanol–water partition coefficient (Wildman–Crippen LogP) is 2.08. The quantitative estimate of drug-likeness (QED) is 0.792. The molecule has 1 aromatic rings. The highest BCUT2D eigenvalue weighted by Gasteiger charge is 2.42. The topological polar surface area (TPSA) is 86.6 Å². The van der Waals surface area contributed by atoms with Crippen molar-refractivity contribution in [2.45, 2.75) is 44.6 Å². The summed E-state index contributed by atoms with van der Waals surface area (Å²) in [6, 6.07) is 6.58. The van der Waals surface area contributed by atoms with E-state index in [9.17, 15) is 19.8 Å². The Kier molecular flexibility index (Phi) is 4.50. The van der Waals surface area contributed by atoms with E-state index < -0.39 is 11.5 Å². The van der Waals surface area contributed by atoms with Crippen molar-refractivity contribution >= 4 is 11.9 Å².